The van der Waals surface area contributed by atoms with Gasteiger partial charge < -0.3 is 10.6 Å². The molecule has 1 amide bonds. The van der Waals surface area contributed by atoms with Crippen molar-refractivity contribution in [2.75, 3.05) is 10.6 Å². The average Bonchev–Trinajstić information content (AvgIpc) is 2.69. The Morgan fingerprint density at radius 1 is 1.04 bits per heavy atom. The molecule has 1 aromatic heterocycles. The van der Waals surface area contributed by atoms with Gasteiger partial charge in [-0.15, -0.1) is 0 Å². The first kappa shape index (κ1) is 18.2. The Morgan fingerprint density at radius 2 is 1.78 bits per heavy atom. The van der Waals surface area contributed by atoms with Gasteiger partial charge in [-0.3, -0.25) is 9.78 Å². The Kier molecular flexibility index (Phi) is 5.48. The number of nitrogens with zero attached hydrogens (tertiary/aromatic N) is 2. The molecule has 5 heteroatoms. The van der Waals surface area contributed by atoms with Gasteiger partial charge in [-0.2, -0.15) is 5.26 Å². The Balaban J connectivity index is 1.75. The fourth-order valence-corrected chi connectivity index (χ4v) is 2.63. The normalized spacial score (nSPS) is 10.3. The molecule has 0 fully saturated rings. The number of carbonyl (C=O) groups excluding carboxylic acids is 1. The number of pyridine rings is 1. The summed E-state index contributed by atoms with van der Waals surface area (Å²) in [5.74, 6) is 0.160. The van der Waals surface area contributed by atoms with Crippen molar-refractivity contribution >= 4 is 23.0 Å². The number of para-hydroxylation sites is 1. The number of anilines is 3. The first-order chi connectivity index (χ1) is 13.1. The Bertz CT molecular complexity index is 988. The van der Waals surface area contributed by atoms with Gasteiger partial charge in [-0.1, -0.05) is 38.1 Å². The van der Waals surface area contributed by atoms with Crippen LogP contribution in [0.5, 0.6) is 0 Å². The summed E-state index contributed by atoms with van der Waals surface area (Å²) in [6.45, 7) is 4.30. The molecule has 3 aromatic rings. The van der Waals surface area contributed by atoms with Crippen LogP contribution < -0.4 is 10.6 Å². The van der Waals surface area contributed by atoms with Crippen LogP contribution >= 0.6 is 0 Å². The minimum Gasteiger partial charge on any atom is -0.354 e. The van der Waals surface area contributed by atoms with Gasteiger partial charge in [0.25, 0.3) is 5.91 Å². The van der Waals surface area contributed by atoms with Crippen LogP contribution in [0.2, 0.25) is 0 Å². The van der Waals surface area contributed by atoms with E-state index >= 15 is 0 Å². The van der Waals surface area contributed by atoms with Crippen molar-refractivity contribution in [2.45, 2.75) is 19.8 Å². The molecular weight excluding hydrogens is 336 g/mol. The number of carbonyl (C=O) groups is 1. The van der Waals surface area contributed by atoms with Gasteiger partial charge in [0.1, 0.15) is 6.07 Å². The van der Waals surface area contributed by atoms with Crippen LogP contribution in [0.25, 0.3) is 0 Å². The Hall–Kier alpha value is -3.65. The van der Waals surface area contributed by atoms with Gasteiger partial charge in [0, 0.05) is 11.9 Å². The summed E-state index contributed by atoms with van der Waals surface area (Å²) in [5.41, 5.74) is 4.21. The van der Waals surface area contributed by atoms with Crippen molar-refractivity contribution in [3.05, 3.63) is 83.7 Å². The predicted molar refractivity (Wildman–Crippen MR) is 107 cm³/mol. The SMILES string of the molecule is CC(C)c1ccc(Nc2cncc(C(=O)Nc3ccccc3C#N)c2)cc1. The van der Waals surface area contributed by atoms with Gasteiger partial charge in [-0.25, -0.2) is 0 Å². The standard InChI is InChI=1S/C22H20N4O/c1-15(2)16-7-9-19(10-8-16)25-20-11-18(13-24-14-20)22(27)26-21-6-4-3-5-17(21)12-23/h3-11,13-15,25H,1-2H3,(H,26,27). The maximum absolute atomic E-state index is 12.5. The van der Waals surface area contributed by atoms with Crippen LogP contribution in [-0.2, 0) is 0 Å². The summed E-state index contributed by atoms with van der Waals surface area (Å²) in [6, 6.07) is 18.8. The third-order valence-electron chi connectivity index (χ3n) is 4.16. The van der Waals surface area contributed by atoms with E-state index < -0.39 is 0 Å². The molecule has 0 aliphatic carbocycles. The van der Waals surface area contributed by atoms with Gasteiger partial charge >= 0.3 is 0 Å². The van der Waals surface area contributed by atoms with Crippen molar-refractivity contribution in [1.29, 1.82) is 5.26 Å². The lowest BCUT2D eigenvalue weighted by Crippen LogP contribution is -2.13. The Morgan fingerprint density at radius 3 is 2.48 bits per heavy atom. The van der Waals surface area contributed by atoms with E-state index in [1.807, 2.05) is 12.1 Å². The molecule has 0 aliphatic heterocycles. The van der Waals surface area contributed by atoms with Gasteiger partial charge in [-0.05, 0) is 41.8 Å². The summed E-state index contributed by atoms with van der Waals surface area (Å²) in [5, 5.41) is 15.2. The summed E-state index contributed by atoms with van der Waals surface area (Å²) >= 11 is 0. The topological polar surface area (TPSA) is 77.8 Å². The zero-order valence-electron chi connectivity index (χ0n) is 15.2. The molecule has 0 saturated carbocycles. The van der Waals surface area contributed by atoms with Crippen LogP contribution in [0.15, 0.2) is 67.0 Å². The smallest absolute Gasteiger partial charge is 0.257 e. The molecule has 1 heterocycles. The minimum absolute atomic E-state index is 0.316. The molecule has 0 atom stereocenters. The number of nitriles is 1. The van der Waals surface area contributed by atoms with E-state index in [4.69, 9.17) is 5.26 Å². The summed E-state index contributed by atoms with van der Waals surface area (Å²) in [4.78, 5) is 16.7. The van der Waals surface area contributed by atoms with E-state index in [-0.39, 0.29) is 5.91 Å². The lowest BCUT2D eigenvalue weighted by molar-refractivity contribution is 0.102. The van der Waals surface area contributed by atoms with Gasteiger partial charge in [0.05, 0.1) is 28.7 Å². The highest BCUT2D eigenvalue weighted by Crippen LogP contribution is 2.21. The molecule has 0 aliphatic rings. The number of hydrogen-bond acceptors (Lipinski definition) is 4. The molecule has 0 spiro atoms. The number of aromatic nitrogens is 1. The highest BCUT2D eigenvalue weighted by Gasteiger charge is 2.10. The second-order valence-electron chi connectivity index (χ2n) is 6.48. The first-order valence-corrected chi connectivity index (χ1v) is 8.69. The van der Waals surface area contributed by atoms with Gasteiger partial charge in [0.2, 0.25) is 0 Å². The van der Waals surface area contributed by atoms with Crippen molar-refractivity contribution in [3.8, 4) is 6.07 Å². The van der Waals surface area contributed by atoms with E-state index in [2.05, 4.69) is 47.7 Å². The zero-order valence-corrected chi connectivity index (χ0v) is 15.2. The number of benzene rings is 2. The maximum Gasteiger partial charge on any atom is 0.257 e. The van der Waals surface area contributed by atoms with E-state index in [0.29, 0.717) is 28.4 Å². The predicted octanol–water partition coefficient (Wildman–Crippen LogP) is 5.07. The van der Waals surface area contributed by atoms with Crippen LogP contribution in [0, 0.1) is 11.3 Å². The largest absolute Gasteiger partial charge is 0.354 e. The first-order valence-electron chi connectivity index (χ1n) is 8.69. The second-order valence-corrected chi connectivity index (χ2v) is 6.48. The molecule has 0 unspecified atom stereocenters. The molecule has 3 rings (SSSR count). The third-order valence-corrected chi connectivity index (χ3v) is 4.16. The fourth-order valence-electron chi connectivity index (χ4n) is 2.63. The molecule has 2 N–H and O–H groups in total. The molecule has 0 radical (unpaired) electrons. The van der Waals surface area contributed by atoms with Crippen molar-refractivity contribution in [3.63, 3.8) is 0 Å². The van der Waals surface area contributed by atoms with Crippen molar-refractivity contribution in [2.24, 2.45) is 0 Å². The fraction of sp³-hybridized carbons (Fsp3) is 0.136. The third kappa shape index (κ3) is 4.50. The number of rotatable bonds is 5. The summed E-state index contributed by atoms with van der Waals surface area (Å²) < 4.78 is 0. The number of hydrogen-bond donors (Lipinski definition) is 2. The maximum atomic E-state index is 12.5. The summed E-state index contributed by atoms with van der Waals surface area (Å²) in [7, 11) is 0. The quantitative estimate of drug-likeness (QED) is 0.669. The van der Waals surface area contributed by atoms with Crippen molar-refractivity contribution in [1.82, 2.24) is 4.98 Å². The molecule has 2 aromatic carbocycles. The van der Waals surface area contributed by atoms with Crippen LogP contribution in [0.1, 0.15) is 41.3 Å². The molecule has 27 heavy (non-hydrogen) atoms. The molecule has 0 bridgehead atoms. The zero-order chi connectivity index (χ0) is 19.2. The lowest BCUT2D eigenvalue weighted by Gasteiger charge is -2.11. The number of amides is 1. The lowest BCUT2D eigenvalue weighted by atomic mass is 10.0. The number of nitrogens with one attached hydrogen (secondary N) is 2. The van der Waals surface area contributed by atoms with E-state index in [1.165, 1.54) is 11.8 Å². The van der Waals surface area contributed by atoms with E-state index in [9.17, 15) is 4.79 Å². The molecule has 0 saturated heterocycles. The minimum atomic E-state index is -0.316. The van der Waals surface area contributed by atoms with Crippen LogP contribution in [-0.4, -0.2) is 10.9 Å². The summed E-state index contributed by atoms with van der Waals surface area (Å²) in [6.07, 6.45) is 3.16. The van der Waals surface area contributed by atoms with E-state index in [0.717, 1.165) is 5.69 Å². The molecular formula is C22H20N4O. The highest BCUT2D eigenvalue weighted by atomic mass is 16.1. The second kappa shape index (κ2) is 8.15. The Labute approximate surface area is 158 Å². The van der Waals surface area contributed by atoms with E-state index in [1.54, 1.807) is 36.5 Å². The average molecular weight is 356 g/mol. The molecule has 134 valence electrons. The highest BCUT2D eigenvalue weighted by molar-refractivity contribution is 6.05. The monoisotopic (exact) mass is 356 g/mol. The van der Waals surface area contributed by atoms with Gasteiger partial charge in [0.15, 0.2) is 0 Å². The van der Waals surface area contributed by atoms with Crippen LogP contribution in [0.3, 0.4) is 0 Å². The molecule has 5 nitrogen and oxygen atoms in total. The van der Waals surface area contributed by atoms with Crippen molar-refractivity contribution < 1.29 is 4.79 Å². The van der Waals surface area contributed by atoms with Crippen LogP contribution in [0.4, 0.5) is 17.1 Å².